The average molecular weight is 194 g/mol. The Labute approximate surface area is 84.7 Å². The summed E-state index contributed by atoms with van der Waals surface area (Å²) in [6.45, 7) is 7.41. The lowest BCUT2D eigenvalue weighted by Crippen LogP contribution is -2.21. The van der Waals surface area contributed by atoms with Gasteiger partial charge in [-0.2, -0.15) is 0 Å². The molecule has 0 unspecified atom stereocenters. The van der Waals surface area contributed by atoms with Crippen molar-refractivity contribution in [1.29, 1.82) is 0 Å². The van der Waals surface area contributed by atoms with Crippen LogP contribution in [-0.2, 0) is 19.5 Å². The van der Waals surface area contributed by atoms with E-state index in [1.54, 1.807) is 0 Å². The van der Waals surface area contributed by atoms with Crippen LogP contribution in [-0.4, -0.2) is 21.3 Å². The van der Waals surface area contributed by atoms with Gasteiger partial charge in [0.2, 0.25) is 0 Å². The molecule has 4 nitrogen and oxygen atoms in total. The van der Waals surface area contributed by atoms with Crippen molar-refractivity contribution in [2.75, 3.05) is 6.54 Å². The third kappa shape index (κ3) is 1.95. The van der Waals surface area contributed by atoms with Crippen molar-refractivity contribution in [3.63, 3.8) is 0 Å². The Hall–Kier alpha value is -0.900. The van der Waals surface area contributed by atoms with E-state index in [0.29, 0.717) is 5.92 Å². The molecule has 0 aliphatic carbocycles. The van der Waals surface area contributed by atoms with E-state index in [4.69, 9.17) is 0 Å². The monoisotopic (exact) mass is 194 g/mol. The molecule has 1 aromatic rings. The Kier molecular flexibility index (Phi) is 2.82. The first-order chi connectivity index (χ1) is 6.77. The van der Waals surface area contributed by atoms with Gasteiger partial charge in [-0.3, -0.25) is 0 Å². The first-order valence-corrected chi connectivity index (χ1v) is 5.39. The molecule has 2 heterocycles. The summed E-state index contributed by atoms with van der Waals surface area (Å²) in [6.07, 6.45) is 2.32. The highest BCUT2D eigenvalue weighted by Gasteiger charge is 2.16. The molecule has 14 heavy (non-hydrogen) atoms. The van der Waals surface area contributed by atoms with E-state index in [-0.39, 0.29) is 0 Å². The number of hydrogen-bond acceptors (Lipinski definition) is 3. The number of hydrogen-bond donors (Lipinski definition) is 1. The molecule has 1 N–H and O–H groups in total. The van der Waals surface area contributed by atoms with E-state index < -0.39 is 0 Å². The van der Waals surface area contributed by atoms with E-state index in [2.05, 4.69) is 33.9 Å². The zero-order valence-corrected chi connectivity index (χ0v) is 8.95. The molecular formula is C10H18N4. The van der Waals surface area contributed by atoms with Gasteiger partial charge in [0.25, 0.3) is 0 Å². The number of rotatable bonds is 4. The number of aryl methyl sites for hydroxylation is 1. The lowest BCUT2D eigenvalue weighted by molar-refractivity contribution is 0.530. The minimum Gasteiger partial charge on any atom is -0.314 e. The predicted molar refractivity (Wildman–Crippen MR) is 54.9 cm³/mol. The minimum absolute atomic E-state index is 0.691. The summed E-state index contributed by atoms with van der Waals surface area (Å²) in [6, 6.07) is 0. The van der Waals surface area contributed by atoms with Gasteiger partial charge in [0.1, 0.15) is 11.6 Å². The molecule has 0 saturated carbocycles. The van der Waals surface area contributed by atoms with Crippen molar-refractivity contribution < 1.29 is 0 Å². The van der Waals surface area contributed by atoms with Crippen LogP contribution in [0.15, 0.2) is 0 Å². The highest BCUT2D eigenvalue weighted by atomic mass is 15.3. The standard InChI is InChI=1S/C10H18N4/c1-8(2)6-11-7-10-13-12-9-4-3-5-14(9)10/h8,11H,3-7H2,1-2H3. The van der Waals surface area contributed by atoms with Crippen LogP contribution < -0.4 is 5.32 Å². The molecule has 0 fully saturated rings. The summed E-state index contributed by atoms with van der Waals surface area (Å²) in [7, 11) is 0. The van der Waals surface area contributed by atoms with E-state index in [1.807, 2.05) is 0 Å². The molecule has 0 spiro atoms. The van der Waals surface area contributed by atoms with E-state index in [0.717, 1.165) is 37.7 Å². The van der Waals surface area contributed by atoms with Crippen LogP contribution in [0.1, 0.15) is 31.9 Å². The maximum absolute atomic E-state index is 4.19. The second kappa shape index (κ2) is 4.09. The third-order valence-corrected chi connectivity index (χ3v) is 2.52. The summed E-state index contributed by atoms with van der Waals surface area (Å²) < 4.78 is 2.24. The molecule has 0 amide bonds. The number of nitrogens with zero attached hydrogens (tertiary/aromatic N) is 3. The average Bonchev–Trinajstić information content (AvgIpc) is 2.67. The molecule has 1 aliphatic rings. The molecule has 0 atom stereocenters. The van der Waals surface area contributed by atoms with Crippen molar-refractivity contribution >= 4 is 0 Å². The maximum Gasteiger partial charge on any atom is 0.147 e. The molecule has 0 bridgehead atoms. The second-order valence-electron chi connectivity index (χ2n) is 4.31. The molecule has 2 rings (SSSR count). The smallest absolute Gasteiger partial charge is 0.147 e. The second-order valence-corrected chi connectivity index (χ2v) is 4.31. The number of fused-ring (bicyclic) bond motifs is 1. The lowest BCUT2D eigenvalue weighted by atomic mass is 10.2. The Morgan fingerprint density at radius 3 is 3.07 bits per heavy atom. The van der Waals surface area contributed by atoms with Gasteiger partial charge >= 0.3 is 0 Å². The quantitative estimate of drug-likeness (QED) is 0.776. The van der Waals surface area contributed by atoms with Crippen molar-refractivity contribution in [3.05, 3.63) is 11.6 Å². The summed E-state index contributed by atoms with van der Waals surface area (Å²) >= 11 is 0. The van der Waals surface area contributed by atoms with E-state index in [9.17, 15) is 0 Å². The molecule has 78 valence electrons. The van der Waals surface area contributed by atoms with Crippen molar-refractivity contribution in [1.82, 2.24) is 20.1 Å². The highest BCUT2D eigenvalue weighted by molar-refractivity contribution is 5.00. The van der Waals surface area contributed by atoms with Gasteiger partial charge in [-0.05, 0) is 18.9 Å². The van der Waals surface area contributed by atoms with Gasteiger partial charge in [-0.1, -0.05) is 13.8 Å². The third-order valence-electron chi connectivity index (χ3n) is 2.52. The first kappa shape index (κ1) is 9.65. The molecule has 1 aliphatic heterocycles. The molecule has 4 heteroatoms. The fourth-order valence-electron chi connectivity index (χ4n) is 1.81. The summed E-state index contributed by atoms with van der Waals surface area (Å²) in [5.41, 5.74) is 0. The van der Waals surface area contributed by atoms with Gasteiger partial charge in [-0.25, -0.2) is 0 Å². The predicted octanol–water partition coefficient (Wildman–Crippen LogP) is 0.970. The Bertz CT molecular complexity index is 303. The van der Waals surface area contributed by atoms with Gasteiger partial charge in [0, 0.05) is 13.0 Å². The maximum atomic E-state index is 4.19. The topological polar surface area (TPSA) is 42.7 Å². The Balaban J connectivity index is 1.90. The van der Waals surface area contributed by atoms with Crippen molar-refractivity contribution in [2.45, 2.75) is 39.8 Å². The summed E-state index contributed by atoms with van der Waals surface area (Å²) in [5.74, 6) is 2.94. The Morgan fingerprint density at radius 2 is 2.29 bits per heavy atom. The fourth-order valence-corrected chi connectivity index (χ4v) is 1.81. The summed E-state index contributed by atoms with van der Waals surface area (Å²) in [4.78, 5) is 0. The van der Waals surface area contributed by atoms with Crippen LogP contribution in [0, 0.1) is 5.92 Å². The van der Waals surface area contributed by atoms with Crippen molar-refractivity contribution in [2.24, 2.45) is 5.92 Å². The van der Waals surface area contributed by atoms with Crippen LogP contribution in [0.3, 0.4) is 0 Å². The molecule has 0 aromatic carbocycles. The molecule has 1 aromatic heterocycles. The van der Waals surface area contributed by atoms with Crippen LogP contribution in [0.2, 0.25) is 0 Å². The van der Waals surface area contributed by atoms with E-state index in [1.165, 1.54) is 6.42 Å². The SMILES string of the molecule is CC(C)CNCc1nnc2n1CCC2. The van der Waals surface area contributed by atoms with E-state index >= 15 is 0 Å². The van der Waals surface area contributed by atoms with Crippen LogP contribution >= 0.6 is 0 Å². The normalized spacial score (nSPS) is 15.1. The zero-order chi connectivity index (χ0) is 9.97. The van der Waals surface area contributed by atoms with Gasteiger partial charge in [-0.15, -0.1) is 10.2 Å². The Morgan fingerprint density at radius 1 is 1.43 bits per heavy atom. The fraction of sp³-hybridized carbons (Fsp3) is 0.800. The largest absolute Gasteiger partial charge is 0.314 e. The minimum atomic E-state index is 0.691. The molecule has 0 saturated heterocycles. The summed E-state index contributed by atoms with van der Waals surface area (Å²) in [5, 5.41) is 11.7. The highest BCUT2D eigenvalue weighted by Crippen LogP contribution is 2.13. The lowest BCUT2D eigenvalue weighted by Gasteiger charge is -2.07. The first-order valence-electron chi connectivity index (χ1n) is 5.39. The van der Waals surface area contributed by atoms with Crippen molar-refractivity contribution in [3.8, 4) is 0 Å². The van der Waals surface area contributed by atoms with Gasteiger partial charge in [0.05, 0.1) is 6.54 Å². The number of aromatic nitrogens is 3. The molecular weight excluding hydrogens is 176 g/mol. The number of nitrogens with one attached hydrogen (secondary N) is 1. The van der Waals surface area contributed by atoms with Gasteiger partial charge in [0.15, 0.2) is 0 Å². The van der Waals surface area contributed by atoms with Crippen LogP contribution in [0.25, 0.3) is 0 Å². The molecule has 0 radical (unpaired) electrons. The van der Waals surface area contributed by atoms with Crippen LogP contribution in [0.4, 0.5) is 0 Å². The van der Waals surface area contributed by atoms with Crippen LogP contribution in [0.5, 0.6) is 0 Å². The zero-order valence-electron chi connectivity index (χ0n) is 8.95. The van der Waals surface area contributed by atoms with Gasteiger partial charge < -0.3 is 9.88 Å².